The second-order valence-corrected chi connectivity index (χ2v) is 29.9. The molecule has 2 N–H and O–H groups in total. The Kier molecular flexibility index (Phi) is 26.8. The quantitative estimate of drug-likeness (QED) is 0.0983. The van der Waals surface area contributed by atoms with Gasteiger partial charge in [-0.1, -0.05) is 217 Å². The fraction of sp³-hybridized carbons (Fsp3) is 0. The number of hydrogen-bond donors (Lipinski definition) is 2. The van der Waals surface area contributed by atoms with Gasteiger partial charge in [-0.3, -0.25) is 29.9 Å². The second-order valence-electron chi connectivity index (χ2n) is 21.4. The van der Waals surface area contributed by atoms with E-state index in [0.29, 0.717) is 32.5 Å². The molecule has 101 heavy (non-hydrogen) atoms. The summed E-state index contributed by atoms with van der Waals surface area (Å²) in [5.41, 5.74) is 5.87. The van der Waals surface area contributed by atoms with Crippen molar-refractivity contribution in [3.05, 3.63) is 343 Å². The molecule has 0 aliphatic heterocycles. The Morgan fingerprint density at radius 3 is 1.15 bits per heavy atom. The molecule has 0 saturated heterocycles. The summed E-state index contributed by atoms with van der Waals surface area (Å²) in [6, 6.07) is 84.0. The molecule has 16 aromatic rings. The average molecular weight is 1600 g/mol. The van der Waals surface area contributed by atoms with Gasteiger partial charge in [0.15, 0.2) is 11.3 Å². The molecule has 12 nitrogen and oxygen atoms in total. The maximum atomic E-state index is 14.5. The van der Waals surface area contributed by atoms with Gasteiger partial charge in [-0.25, -0.2) is 28.7 Å². The first-order chi connectivity index (χ1) is 49.5. The van der Waals surface area contributed by atoms with Gasteiger partial charge in [0.1, 0.15) is 22.7 Å². The molecule has 0 amide bonds. The van der Waals surface area contributed by atoms with Crippen molar-refractivity contribution in [1.29, 1.82) is 0 Å². The van der Waals surface area contributed by atoms with E-state index in [-0.39, 0.29) is 43.8 Å². The van der Waals surface area contributed by atoms with E-state index in [9.17, 15) is 18.8 Å². The first-order valence-electron chi connectivity index (χ1n) is 30.7. The Morgan fingerprint density at radius 2 is 0.733 bits per heavy atom. The number of pyridine rings is 6. The van der Waals surface area contributed by atoms with Crippen LogP contribution in [0.3, 0.4) is 0 Å². The molecule has 0 atom stereocenters. The van der Waals surface area contributed by atoms with E-state index >= 15 is 0 Å². The SMILES string of the molecule is Brc1cncc2ncccc12.Fc1ccc(Cl)cc1-c1cc(-c2cncc3ncccc23)c2nccnc2n1.OB(O)c1cc(-c2cc(Cl)ccc2F)nc2nccnc12.[Cl][Pd][Cl].c1ccc(P(c2ccccc2)c2ccccc2)cc1.c1ccc(P(c2ccccc2)c2ccccc2)cc1. The van der Waals surface area contributed by atoms with E-state index in [1.165, 1.54) is 80.6 Å². The van der Waals surface area contributed by atoms with Crippen LogP contribution >= 0.6 is 74.0 Å². The Morgan fingerprint density at radius 1 is 0.366 bits per heavy atom. The van der Waals surface area contributed by atoms with Crippen molar-refractivity contribution in [1.82, 2.24) is 49.8 Å². The molecular weight excluding hydrogens is 1550 g/mol. The summed E-state index contributed by atoms with van der Waals surface area (Å²) in [7, 11) is 6.97. The summed E-state index contributed by atoms with van der Waals surface area (Å²) in [6.07, 6.45) is 16.4. The third-order valence-corrected chi connectivity index (χ3v) is 21.0. The van der Waals surface area contributed by atoms with Crippen LogP contribution < -0.4 is 37.3 Å². The third-order valence-electron chi connectivity index (χ3n) is 15.0. The van der Waals surface area contributed by atoms with E-state index in [4.69, 9.17) is 42.3 Å². The maximum Gasteiger partial charge on any atom is -0.0134 e. The van der Waals surface area contributed by atoms with E-state index in [1.807, 2.05) is 24.3 Å². The van der Waals surface area contributed by atoms with Gasteiger partial charge in [0.2, 0.25) is 0 Å². The first kappa shape index (κ1) is 73.1. The van der Waals surface area contributed by atoms with E-state index in [0.717, 1.165) is 37.4 Å². The van der Waals surface area contributed by atoms with Crippen molar-refractivity contribution in [2.24, 2.45) is 0 Å². The average Bonchev–Trinajstić information content (AvgIpc) is 0.771. The molecule has 0 radical (unpaired) electrons. The summed E-state index contributed by atoms with van der Waals surface area (Å²) in [5.74, 6) is -0.933. The van der Waals surface area contributed by atoms with Gasteiger partial charge in [0.25, 0.3) is 0 Å². The monoisotopic (exact) mass is 1600 g/mol. The van der Waals surface area contributed by atoms with Gasteiger partial charge in [0, 0.05) is 103 Å². The number of benzene rings is 8. The van der Waals surface area contributed by atoms with Crippen LogP contribution in [-0.4, -0.2) is 67.0 Å². The van der Waals surface area contributed by atoms with Crippen LogP contribution in [0.2, 0.25) is 10.0 Å². The summed E-state index contributed by atoms with van der Waals surface area (Å²) < 4.78 is 29.4. The van der Waals surface area contributed by atoms with Crippen molar-refractivity contribution in [2.45, 2.75) is 0 Å². The number of hydrogen-bond acceptors (Lipinski definition) is 12. The van der Waals surface area contributed by atoms with Gasteiger partial charge in [-0.2, -0.15) is 0 Å². The second kappa shape index (κ2) is 37.0. The molecule has 8 aromatic carbocycles. The molecule has 8 heterocycles. The molecule has 8 aromatic heterocycles. The van der Waals surface area contributed by atoms with Crippen molar-refractivity contribution in [2.75, 3.05) is 0 Å². The first-order valence-corrected chi connectivity index (χ1v) is 39.0. The number of fused-ring (bicyclic) bond motifs is 4. The van der Waals surface area contributed by atoms with Crippen LogP contribution in [0.5, 0.6) is 0 Å². The standard InChI is InChI=1S/C21H11ClFN5.2C18H15P.C13H8BClFN3O2.C8H5BrN2.2ClH.Pd/c22-12-3-4-17(23)15(8-12)18-9-14(20-21(28-18)27-7-6-26-20)16-10-24-11-19-13(16)2-1-5-25-19;2*1-4-10-16(11-5-1)19(17-12-6-2-7-13-17)18-14-8-3-9-15-18;15-7-1-2-10(16)8(5-7)11-6-9(14(20)21)12-13(19-11)18-4-3-17-12;9-7-4-10-5-8-6(7)2-1-3-11-8;;;/h1-11H;2*1-15H;1-6,20-21H;1-5H;2*1H;/q;;;;;;;+2/p-2. The topological polar surface area (TPSA) is 169 Å². The molecule has 0 unspecified atom stereocenters. The Bertz CT molecular complexity index is 5040. The summed E-state index contributed by atoms with van der Waals surface area (Å²) in [6.45, 7) is 0. The molecule has 0 aliphatic carbocycles. The van der Waals surface area contributed by atoms with Gasteiger partial charge < -0.3 is 10.0 Å². The third kappa shape index (κ3) is 19.3. The van der Waals surface area contributed by atoms with Gasteiger partial charge in [0.05, 0.1) is 34.8 Å². The molecule has 0 fully saturated rings. The fourth-order valence-electron chi connectivity index (χ4n) is 10.5. The number of halogens is 7. The Hall–Kier alpha value is -9.13. The maximum absolute atomic E-state index is 14.5. The minimum Gasteiger partial charge on any atom is -0.0622 e. The predicted octanol–water partition coefficient (Wildman–Crippen LogP) is 16.9. The Labute approximate surface area is 618 Å². The molecule has 0 saturated carbocycles. The zero-order valence-electron chi connectivity index (χ0n) is 52.8. The summed E-state index contributed by atoms with van der Waals surface area (Å²) in [4.78, 5) is 42.3. The largest absolute Gasteiger partial charge is 0.0622 e. The molecule has 500 valence electrons. The van der Waals surface area contributed by atoms with Crippen LogP contribution in [0.15, 0.2) is 321 Å². The van der Waals surface area contributed by atoms with E-state index in [1.54, 1.807) is 61.7 Å². The van der Waals surface area contributed by atoms with E-state index in [2.05, 4.69) is 248 Å². The molecular formula is C78H54BBrCl4F2N10O2P2Pd. The molecule has 0 aliphatic rings. The number of aromatic nitrogens is 10. The van der Waals surface area contributed by atoms with Crippen molar-refractivity contribution < 1.29 is 34.8 Å². The summed E-state index contributed by atoms with van der Waals surface area (Å²) in [5, 5.41) is 30.1. The predicted molar refractivity (Wildman–Crippen MR) is 413 cm³/mol. The van der Waals surface area contributed by atoms with Crippen LogP contribution in [0, 0.1) is 11.6 Å². The van der Waals surface area contributed by atoms with Crippen LogP contribution in [0.25, 0.3) is 77.8 Å². The molecule has 23 heteroatoms. The van der Waals surface area contributed by atoms with Crippen molar-refractivity contribution in [3.8, 4) is 33.6 Å². The fourth-order valence-corrected chi connectivity index (χ4v) is 15.9. The summed E-state index contributed by atoms with van der Waals surface area (Å²) >= 11 is 15.2. The van der Waals surface area contributed by atoms with Gasteiger partial charge >= 0.3 is 42.1 Å². The molecule has 0 spiro atoms. The van der Waals surface area contributed by atoms with E-state index < -0.39 is 34.6 Å². The molecule has 0 bridgehead atoms. The van der Waals surface area contributed by atoms with Crippen LogP contribution in [-0.2, 0) is 15.9 Å². The van der Waals surface area contributed by atoms with Crippen LogP contribution in [0.1, 0.15) is 0 Å². The normalized spacial score (nSPS) is 10.7. The van der Waals surface area contributed by atoms with Gasteiger partial charge in [-0.05, 0) is 124 Å². The smallest absolute Gasteiger partial charge is 0.0134 e. The zero-order chi connectivity index (χ0) is 70.3. The van der Waals surface area contributed by atoms with Crippen molar-refractivity contribution in [3.63, 3.8) is 0 Å². The van der Waals surface area contributed by atoms with Crippen molar-refractivity contribution >= 4 is 163 Å². The number of rotatable bonds is 10. The Balaban J connectivity index is 0.000000129. The molecule has 16 rings (SSSR count). The zero-order valence-corrected chi connectivity index (χ0v) is 60.8. The minimum absolute atomic E-state index is 0.0995. The number of nitrogens with zero attached hydrogens (tertiary/aromatic N) is 10. The van der Waals surface area contributed by atoms with Crippen LogP contribution in [0.4, 0.5) is 8.78 Å². The minimum atomic E-state index is -1.77. The van der Waals surface area contributed by atoms with Gasteiger partial charge in [-0.15, -0.1) is 0 Å².